The van der Waals surface area contributed by atoms with Gasteiger partial charge >= 0.3 is 16.1 Å². The Balaban J connectivity index is 1.98. The number of nitrogens with zero attached hydrogens (tertiary/aromatic N) is 1. The maximum atomic E-state index is 12.0. The lowest BCUT2D eigenvalue weighted by molar-refractivity contribution is -0.132. The molecule has 0 aliphatic carbocycles. The largest absolute Gasteiger partial charge is 0.464 e. The van der Waals surface area contributed by atoms with Gasteiger partial charge in [0.05, 0.1) is 13.2 Å². The first kappa shape index (κ1) is 18.8. The summed E-state index contributed by atoms with van der Waals surface area (Å²) in [5, 5.41) is 3.34. The lowest BCUT2D eigenvalue weighted by Gasteiger charge is -2.09. The van der Waals surface area contributed by atoms with Crippen LogP contribution >= 0.6 is 11.8 Å². The van der Waals surface area contributed by atoms with Crippen LogP contribution < -0.4 is 0 Å². The van der Waals surface area contributed by atoms with Crippen LogP contribution in [0.2, 0.25) is 0 Å². The van der Waals surface area contributed by atoms with Crippen molar-refractivity contribution in [3.05, 3.63) is 35.9 Å². The van der Waals surface area contributed by atoms with Gasteiger partial charge in [-0.05, 0) is 18.4 Å². The summed E-state index contributed by atoms with van der Waals surface area (Å²) < 4.78 is 38.6. The second-order valence-electron chi connectivity index (χ2n) is 5.10. The van der Waals surface area contributed by atoms with Crippen LogP contribution in [0.4, 0.5) is 0 Å². The Morgan fingerprint density at radius 3 is 2.75 bits per heavy atom. The zero-order chi connectivity index (χ0) is 17.4. The molecule has 1 aliphatic heterocycles. The van der Waals surface area contributed by atoms with Gasteiger partial charge in [-0.2, -0.15) is 8.42 Å². The van der Waals surface area contributed by atoms with Crippen LogP contribution in [0.25, 0.3) is 0 Å². The lowest BCUT2D eigenvalue weighted by Crippen LogP contribution is -2.18. The SMILES string of the molecule is COC(=O)C(=NOS(=O)(=O)Cc1ccccc1)SCC1CCCO1. The molecular weight excluding hydrogens is 354 g/mol. The van der Waals surface area contributed by atoms with Gasteiger partial charge in [0.2, 0.25) is 5.04 Å². The van der Waals surface area contributed by atoms with Crippen molar-refractivity contribution in [2.75, 3.05) is 19.5 Å². The predicted molar refractivity (Wildman–Crippen MR) is 91.0 cm³/mol. The summed E-state index contributed by atoms with van der Waals surface area (Å²) in [6.45, 7) is 0.692. The van der Waals surface area contributed by atoms with Crippen LogP contribution in [0.5, 0.6) is 0 Å². The highest BCUT2D eigenvalue weighted by Crippen LogP contribution is 2.19. The first-order valence-corrected chi connectivity index (χ1v) is 9.92. The molecule has 0 amide bonds. The van der Waals surface area contributed by atoms with Gasteiger partial charge in [-0.3, -0.25) is 4.28 Å². The molecule has 2 rings (SSSR count). The minimum absolute atomic E-state index is 0.0192. The molecule has 7 nitrogen and oxygen atoms in total. The highest BCUT2D eigenvalue weighted by Gasteiger charge is 2.22. The van der Waals surface area contributed by atoms with E-state index < -0.39 is 16.1 Å². The third-order valence-corrected chi connectivity index (χ3v) is 5.25. The molecule has 0 aromatic heterocycles. The number of hydrogen-bond acceptors (Lipinski definition) is 8. The van der Waals surface area contributed by atoms with Crippen molar-refractivity contribution in [3.8, 4) is 0 Å². The van der Waals surface area contributed by atoms with Crippen molar-refractivity contribution < 1.29 is 27.0 Å². The van der Waals surface area contributed by atoms with E-state index in [1.54, 1.807) is 30.3 Å². The predicted octanol–water partition coefficient (Wildman–Crippen LogP) is 1.93. The summed E-state index contributed by atoms with van der Waals surface area (Å²) in [6, 6.07) is 8.57. The van der Waals surface area contributed by atoms with Crippen molar-refractivity contribution in [2.24, 2.45) is 5.16 Å². The summed E-state index contributed by atoms with van der Waals surface area (Å²) in [5.41, 5.74) is 0.569. The summed E-state index contributed by atoms with van der Waals surface area (Å²) >= 11 is 1.06. The molecule has 9 heteroatoms. The second kappa shape index (κ2) is 9.05. The van der Waals surface area contributed by atoms with Gasteiger partial charge in [0.25, 0.3) is 0 Å². The van der Waals surface area contributed by atoms with Crippen LogP contribution in [-0.2, 0) is 34.4 Å². The molecule has 1 atom stereocenters. The van der Waals surface area contributed by atoms with Crippen LogP contribution in [0, 0.1) is 0 Å². The normalized spacial score (nSPS) is 18.4. The summed E-state index contributed by atoms with van der Waals surface area (Å²) in [4.78, 5) is 11.7. The fraction of sp³-hybridized carbons (Fsp3) is 0.467. The maximum Gasteiger partial charge on any atom is 0.366 e. The summed E-state index contributed by atoms with van der Waals surface area (Å²) in [7, 11) is -2.75. The number of methoxy groups -OCH3 is 1. The standard InChI is InChI=1S/C15H19NO6S2/c1-20-15(17)14(23-10-13-8-5-9-21-13)16-22-24(18,19)11-12-6-3-2-4-7-12/h2-4,6-7,13H,5,8-11H2,1H3. The van der Waals surface area contributed by atoms with Gasteiger partial charge in [-0.1, -0.05) is 47.2 Å². The van der Waals surface area contributed by atoms with Crippen molar-refractivity contribution in [1.29, 1.82) is 0 Å². The number of benzene rings is 1. The van der Waals surface area contributed by atoms with E-state index in [0.717, 1.165) is 24.6 Å². The molecule has 1 fully saturated rings. The number of carbonyl (C=O) groups excluding carboxylic acids is 1. The number of esters is 1. The van der Waals surface area contributed by atoms with E-state index in [2.05, 4.69) is 14.2 Å². The van der Waals surface area contributed by atoms with Crippen LogP contribution in [0.3, 0.4) is 0 Å². The number of carbonyl (C=O) groups is 1. The number of ether oxygens (including phenoxy) is 2. The molecule has 1 aliphatic rings. The molecule has 0 radical (unpaired) electrons. The van der Waals surface area contributed by atoms with Crippen molar-refractivity contribution >= 4 is 32.9 Å². The molecule has 1 unspecified atom stereocenters. The minimum Gasteiger partial charge on any atom is -0.464 e. The van der Waals surface area contributed by atoms with Crippen molar-refractivity contribution in [3.63, 3.8) is 0 Å². The number of rotatable bonds is 6. The zero-order valence-corrected chi connectivity index (χ0v) is 14.8. The van der Waals surface area contributed by atoms with Gasteiger partial charge in [0, 0.05) is 12.4 Å². The molecule has 1 heterocycles. The van der Waals surface area contributed by atoms with Crippen molar-refractivity contribution in [1.82, 2.24) is 0 Å². The number of thioether (sulfide) groups is 1. The number of oxime groups is 1. The summed E-state index contributed by atoms with van der Waals surface area (Å²) in [6.07, 6.45) is 1.89. The maximum absolute atomic E-state index is 12.0. The van der Waals surface area contributed by atoms with E-state index in [1.807, 2.05) is 0 Å². The molecule has 0 N–H and O–H groups in total. The van der Waals surface area contributed by atoms with Crippen LogP contribution in [0.1, 0.15) is 18.4 Å². The molecule has 0 bridgehead atoms. The van der Waals surface area contributed by atoms with Gasteiger partial charge in [-0.15, -0.1) is 0 Å². The molecule has 0 saturated carbocycles. The fourth-order valence-electron chi connectivity index (χ4n) is 2.05. The average molecular weight is 373 g/mol. The highest BCUT2D eigenvalue weighted by molar-refractivity contribution is 8.15. The Morgan fingerprint density at radius 2 is 2.12 bits per heavy atom. The Hall–Kier alpha value is -1.58. The third kappa shape index (κ3) is 6.14. The molecule has 132 valence electrons. The van der Waals surface area contributed by atoms with Gasteiger partial charge in [0.1, 0.15) is 5.75 Å². The smallest absolute Gasteiger partial charge is 0.366 e. The quantitative estimate of drug-likeness (QED) is 0.326. The molecule has 1 aromatic carbocycles. The zero-order valence-electron chi connectivity index (χ0n) is 13.2. The minimum atomic E-state index is -3.95. The Labute approximate surface area is 145 Å². The molecule has 24 heavy (non-hydrogen) atoms. The van der Waals surface area contributed by atoms with Crippen LogP contribution in [-0.4, -0.2) is 45.0 Å². The highest BCUT2D eigenvalue weighted by atomic mass is 32.2. The summed E-state index contributed by atoms with van der Waals surface area (Å²) in [5.74, 6) is -0.592. The lowest BCUT2D eigenvalue weighted by atomic mass is 10.2. The Kier molecular flexibility index (Phi) is 7.07. The van der Waals surface area contributed by atoms with E-state index in [4.69, 9.17) is 4.74 Å². The van der Waals surface area contributed by atoms with E-state index in [-0.39, 0.29) is 16.9 Å². The number of hydrogen-bond donors (Lipinski definition) is 0. The monoisotopic (exact) mass is 373 g/mol. The van der Waals surface area contributed by atoms with Gasteiger partial charge in [0.15, 0.2) is 0 Å². The molecular formula is C15H19NO6S2. The average Bonchev–Trinajstić information content (AvgIpc) is 3.08. The Bertz CT molecular complexity index is 668. The van der Waals surface area contributed by atoms with E-state index >= 15 is 0 Å². The van der Waals surface area contributed by atoms with Gasteiger partial charge in [-0.25, -0.2) is 4.79 Å². The van der Waals surface area contributed by atoms with Gasteiger partial charge < -0.3 is 9.47 Å². The first-order chi connectivity index (χ1) is 11.5. The Morgan fingerprint density at radius 1 is 1.38 bits per heavy atom. The third-order valence-electron chi connectivity index (χ3n) is 3.21. The van der Waals surface area contributed by atoms with E-state index in [9.17, 15) is 13.2 Å². The van der Waals surface area contributed by atoms with E-state index in [1.165, 1.54) is 7.11 Å². The topological polar surface area (TPSA) is 91.3 Å². The van der Waals surface area contributed by atoms with Crippen molar-refractivity contribution in [2.45, 2.75) is 24.7 Å². The second-order valence-corrected chi connectivity index (χ2v) is 7.66. The first-order valence-electron chi connectivity index (χ1n) is 7.36. The molecule has 1 aromatic rings. The fourth-order valence-corrected chi connectivity index (χ4v) is 3.84. The molecule has 0 spiro atoms. The molecule has 1 saturated heterocycles. The van der Waals surface area contributed by atoms with E-state index in [0.29, 0.717) is 17.9 Å². The van der Waals surface area contributed by atoms with Crippen LogP contribution in [0.15, 0.2) is 35.5 Å².